The van der Waals surface area contributed by atoms with E-state index in [-0.39, 0.29) is 6.10 Å². The number of hydrogen-bond donors (Lipinski definition) is 1. The maximum absolute atomic E-state index is 6.15. The molecule has 1 aliphatic heterocycles. The maximum atomic E-state index is 6.15. The molecule has 0 amide bonds. The minimum Gasteiger partial charge on any atom is -0.485 e. The summed E-state index contributed by atoms with van der Waals surface area (Å²) in [7, 11) is 0. The van der Waals surface area contributed by atoms with Crippen LogP contribution in [0.4, 0.5) is 0 Å². The molecule has 1 atom stereocenters. The van der Waals surface area contributed by atoms with Gasteiger partial charge in [-0.2, -0.15) is 0 Å². The second-order valence-electron chi connectivity index (χ2n) is 5.08. The van der Waals surface area contributed by atoms with E-state index in [1.165, 1.54) is 0 Å². The van der Waals surface area contributed by atoms with Gasteiger partial charge in [0.15, 0.2) is 0 Å². The molecule has 1 aliphatic rings. The Labute approximate surface area is 139 Å². The van der Waals surface area contributed by atoms with E-state index in [1.54, 1.807) is 0 Å². The van der Waals surface area contributed by atoms with Crippen LogP contribution in [0.15, 0.2) is 42.5 Å². The van der Waals surface area contributed by atoms with Crippen LogP contribution >= 0.6 is 34.8 Å². The van der Waals surface area contributed by atoms with Gasteiger partial charge in [-0.25, -0.2) is 0 Å². The summed E-state index contributed by atoms with van der Waals surface area (Å²) in [5.41, 5.74) is 1.03. The van der Waals surface area contributed by atoms with E-state index in [1.807, 2.05) is 42.5 Å². The van der Waals surface area contributed by atoms with Crippen LogP contribution in [0.2, 0.25) is 15.1 Å². The fourth-order valence-electron chi connectivity index (χ4n) is 2.31. The monoisotopic (exact) mass is 341 g/mol. The summed E-state index contributed by atoms with van der Waals surface area (Å²) in [5.74, 6) is 1.21. The average molecular weight is 343 g/mol. The Hall–Kier alpha value is -0.930. The zero-order valence-corrected chi connectivity index (χ0v) is 13.4. The molecule has 0 unspecified atom stereocenters. The summed E-state index contributed by atoms with van der Waals surface area (Å²) in [6, 6.07) is 13.0. The standard InChI is InChI=1S/C16H14Cl3NO/c17-12-2-4-13(5-3-12)21-16(11-8-20-9-11)10-1-6-14(18)15(19)7-10/h1-7,11,16,20H,8-9H2/t16-/m1/s1. The lowest BCUT2D eigenvalue weighted by molar-refractivity contribution is 0.0993. The molecule has 3 rings (SSSR count). The van der Waals surface area contributed by atoms with Gasteiger partial charge >= 0.3 is 0 Å². The Morgan fingerprint density at radius 1 is 0.952 bits per heavy atom. The van der Waals surface area contributed by atoms with Crippen molar-refractivity contribution in [1.29, 1.82) is 0 Å². The quantitative estimate of drug-likeness (QED) is 0.845. The Kier molecular flexibility index (Phi) is 4.60. The summed E-state index contributed by atoms with van der Waals surface area (Å²) in [6.07, 6.45) is -0.0535. The number of benzene rings is 2. The van der Waals surface area contributed by atoms with Crippen molar-refractivity contribution in [3.63, 3.8) is 0 Å². The molecular formula is C16H14Cl3NO. The summed E-state index contributed by atoms with van der Waals surface area (Å²) in [4.78, 5) is 0. The van der Waals surface area contributed by atoms with Gasteiger partial charge in [0, 0.05) is 24.0 Å². The van der Waals surface area contributed by atoms with Gasteiger partial charge < -0.3 is 10.1 Å². The van der Waals surface area contributed by atoms with Crippen LogP contribution in [0.5, 0.6) is 5.75 Å². The Bertz CT molecular complexity index is 626. The van der Waals surface area contributed by atoms with Gasteiger partial charge in [-0.1, -0.05) is 40.9 Å². The van der Waals surface area contributed by atoms with Gasteiger partial charge in [-0.15, -0.1) is 0 Å². The lowest BCUT2D eigenvalue weighted by atomic mass is 9.91. The van der Waals surface area contributed by atoms with Gasteiger partial charge in [0.1, 0.15) is 11.9 Å². The van der Waals surface area contributed by atoms with Crippen molar-refractivity contribution in [2.45, 2.75) is 6.10 Å². The van der Waals surface area contributed by atoms with Crippen LogP contribution < -0.4 is 10.1 Å². The van der Waals surface area contributed by atoms with Crippen molar-refractivity contribution in [2.24, 2.45) is 5.92 Å². The van der Waals surface area contributed by atoms with Crippen molar-refractivity contribution in [3.05, 3.63) is 63.1 Å². The number of rotatable bonds is 4. The van der Waals surface area contributed by atoms with Gasteiger partial charge in [0.25, 0.3) is 0 Å². The Morgan fingerprint density at radius 2 is 1.67 bits per heavy atom. The van der Waals surface area contributed by atoms with E-state index in [0.29, 0.717) is 21.0 Å². The molecule has 2 aromatic carbocycles. The largest absolute Gasteiger partial charge is 0.485 e. The van der Waals surface area contributed by atoms with Gasteiger partial charge in [-0.3, -0.25) is 0 Å². The molecule has 0 aromatic heterocycles. The van der Waals surface area contributed by atoms with E-state index >= 15 is 0 Å². The zero-order chi connectivity index (χ0) is 14.8. The van der Waals surface area contributed by atoms with Crippen LogP contribution in [-0.4, -0.2) is 13.1 Å². The normalized spacial score (nSPS) is 16.3. The molecule has 1 saturated heterocycles. The van der Waals surface area contributed by atoms with Crippen LogP contribution in [0.1, 0.15) is 11.7 Å². The molecule has 0 bridgehead atoms. The fourth-order valence-corrected chi connectivity index (χ4v) is 2.74. The first-order valence-electron chi connectivity index (χ1n) is 6.71. The lowest BCUT2D eigenvalue weighted by Gasteiger charge is -2.35. The molecule has 1 N–H and O–H groups in total. The number of hydrogen-bond acceptors (Lipinski definition) is 2. The van der Waals surface area contributed by atoms with Crippen molar-refractivity contribution >= 4 is 34.8 Å². The van der Waals surface area contributed by atoms with E-state index < -0.39 is 0 Å². The van der Waals surface area contributed by atoms with Crippen LogP contribution in [0.25, 0.3) is 0 Å². The maximum Gasteiger partial charge on any atom is 0.129 e. The average Bonchev–Trinajstić information content (AvgIpc) is 2.41. The molecule has 2 nitrogen and oxygen atoms in total. The smallest absolute Gasteiger partial charge is 0.129 e. The Balaban J connectivity index is 1.86. The Morgan fingerprint density at radius 3 is 2.24 bits per heavy atom. The molecule has 0 aliphatic carbocycles. The molecule has 0 saturated carbocycles. The van der Waals surface area contributed by atoms with Crippen molar-refractivity contribution < 1.29 is 4.74 Å². The highest BCUT2D eigenvalue weighted by molar-refractivity contribution is 6.42. The lowest BCUT2D eigenvalue weighted by Crippen LogP contribution is -2.46. The van der Waals surface area contributed by atoms with Gasteiger partial charge in [-0.05, 0) is 42.0 Å². The molecular weight excluding hydrogens is 329 g/mol. The molecule has 110 valence electrons. The van der Waals surface area contributed by atoms with Crippen LogP contribution in [0.3, 0.4) is 0 Å². The summed E-state index contributed by atoms with van der Waals surface area (Å²) < 4.78 is 6.15. The number of halogens is 3. The molecule has 0 radical (unpaired) electrons. The van der Waals surface area contributed by atoms with Gasteiger partial charge in [0.2, 0.25) is 0 Å². The third-order valence-electron chi connectivity index (χ3n) is 3.59. The summed E-state index contributed by atoms with van der Waals surface area (Å²) in [6.45, 7) is 1.86. The number of ether oxygens (including phenoxy) is 1. The minimum absolute atomic E-state index is 0.0535. The SMILES string of the molecule is Clc1ccc(O[C@H](c2ccc(Cl)c(Cl)c2)C2CNC2)cc1. The van der Waals surface area contributed by atoms with Crippen LogP contribution in [0, 0.1) is 5.92 Å². The van der Waals surface area contributed by atoms with Crippen molar-refractivity contribution in [2.75, 3.05) is 13.1 Å². The first-order valence-corrected chi connectivity index (χ1v) is 7.85. The van der Waals surface area contributed by atoms with E-state index in [2.05, 4.69) is 5.32 Å². The molecule has 1 fully saturated rings. The van der Waals surface area contributed by atoms with Crippen molar-refractivity contribution in [3.8, 4) is 5.75 Å². The highest BCUT2D eigenvalue weighted by atomic mass is 35.5. The summed E-state index contributed by atoms with van der Waals surface area (Å²) >= 11 is 18.0. The predicted octanol–water partition coefficient (Wildman–Crippen LogP) is 4.99. The molecule has 2 aromatic rings. The molecule has 5 heteroatoms. The zero-order valence-electron chi connectivity index (χ0n) is 11.2. The van der Waals surface area contributed by atoms with E-state index in [0.717, 1.165) is 24.4 Å². The molecule has 1 heterocycles. The number of nitrogens with one attached hydrogen (secondary N) is 1. The summed E-state index contributed by atoms with van der Waals surface area (Å²) in [5, 5.41) is 5.07. The van der Waals surface area contributed by atoms with E-state index in [9.17, 15) is 0 Å². The first kappa shape index (κ1) is 15.0. The first-order chi connectivity index (χ1) is 10.1. The predicted molar refractivity (Wildman–Crippen MR) is 87.6 cm³/mol. The topological polar surface area (TPSA) is 21.3 Å². The molecule has 0 spiro atoms. The third kappa shape index (κ3) is 3.46. The third-order valence-corrected chi connectivity index (χ3v) is 4.58. The second-order valence-corrected chi connectivity index (χ2v) is 6.34. The van der Waals surface area contributed by atoms with Crippen LogP contribution in [-0.2, 0) is 0 Å². The highest BCUT2D eigenvalue weighted by Crippen LogP contribution is 2.34. The van der Waals surface area contributed by atoms with Gasteiger partial charge in [0.05, 0.1) is 10.0 Å². The van der Waals surface area contributed by atoms with Crippen molar-refractivity contribution in [1.82, 2.24) is 5.32 Å². The fraction of sp³-hybridized carbons (Fsp3) is 0.250. The minimum atomic E-state index is -0.0535. The highest BCUT2D eigenvalue weighted by Gasteiger charge is 2.30. The molecule has 21 heavy (non-hydrogen) atoms. The second kappa shape index (κ2) is 6.45. The van der Waals surface area contributed by atoms with E-state index in [4.69, 9.17) is 39.5 Å².